The zero-order valence-corrected chi connectivity index (χ0v) is 17.6. The second kappa shape index (κ2) is 8.76. The van der Waals surface area contributed by atoms with E-state index < -0.39 is 0 Å². The van der Waals surface area contributed by atoms with Crippen LogP contribution in [-0.4, -0.2) is 51.1 Å². The third kappa shape index (κ3) is 4.62. The molecule has 1 aliphatic heterocycles. The minimum Gasteiger partial charge on any atom is -0.496 e. The largest absolute Gasteiger partial charge is 0.496 e. The van der Waals surface area contributed by atoms with Crippen LogP contribution in [0, 0.1) is 0 Å². The number of carbonyl (C=O) groups is 1. The second-order valence-corrected chi connectivity index (χ2v) is 7.52. The SMILES string of the molecule is COc1cc(OC)c(CN2CCN(c3ccc(C(C)=O)cc3)CC2)cc1Br. The van der Waals surface area contributed by atoms with Gasteiger partial charge in [-0.2, -0.15) is 0 Å². The summed E-state index contributed by atoms with van der Waals surface area (Å²) in [6.07, 6.45) is 0. The topological polar surface area (TPSA) is 42.0 Å². The molecular weight excluding hydrogens is 408 g/mol. The summed E-state index contributed by atoms with van der Waals surface area (Å²) in [6.45, 7) is 6.29. The van der Waals surface area contributed by atoms with E-state index in [4.69, 9.17) is 9.47 Å². The number of halogens is 1. The van der Waals surface area contributed by atoms with Crippen LogP contribution in [0.25, 0.3) is 0 Å². The van der Waals surface area contributed by atoms with Crippen molar-refractivity contribution in [3.8, 4) is 11.5 Å². The lowest BCUT2D eigenvalue weighted by Crippen LogP contribution is -2.46. The van der Waals surface area contributed by atoms with E-state index in [0.29, 0.717) is 0 Å². The average molecular weight is 433 g/mol. The van der Waals surface area contributed by atoms with Gasteiger partial charge in [0, 0.05) is 55.6 Å². The molecule has 0 unspecified atom stereocenters. The first-order chi connectivity index (χ1) is 13.0. The monoisotopic (exact) mass is 432 g/mol. The van der Waals surface area contributed by atoms with E-state index in [1.54, 1.807) is 21.1 Å². The Morgan fingerprint density at radius 2 is 1.63 bits per heavy atom. The van der Waals surface area contributed by atoms with Gasteiger partial charge in [0.25, 0.3) is 0 Å². The highest BCUT2D eigenvalue weighted by Crippen LogP contribution is 2.33. The van der Waals surface area contributed by atoms with Gasteiger partial charge < -0.3 is 14.4 Å². The molecule has 1 heterocycles. The molecule has 0 N–H and O–H groups in total. The molecule has 1 aliphatic rings. The van der Waals surface area contributed by atoms with Crippen molar-refractivity contribution >= 4 is 27.4 Å². The van der Waals surface area contributed by atoms with E-state index in [2.05, 4.69) is 31.8 Å². The Hall–Kier alpha value is -2.05. The smallest absolute Gasteiger partial charge is 0.159 e. The van der Waals surface area contributed by atoms with Crippen molar-refractivity contribution in [1.29, 1.82) is 0 Å². The van der Waals surface area contributed by atoms with Gasteiger partial charge in [-0.15, -0.1) is 0 Å². The number of methoxy groups -OCH3 is 2. The van der Waals surface area contributed by atoms with E-state index >= 15 is 0 Å². The van der Waals surface area contributed by atoms with Gasteiger partial charge in [0.05, 0.1) is 18.7 Å². The molecule has 2 aromatic rings. The van der Waals surface area contributed by atoms with E-state index in [9.17, 15) is 4.79 Å². The highest BCUT2D eigenvalue weighted by Gasteiger charge is 2.19. The lowest BCUT2D eigenvalue weighted by atomic mass is 10.1. The van der Waals surface area contributed by atoms with Crippen molar-refractivity contribution in [3.63, 3.8) is 0 Å². The fraction of sp³-hybridized carbons (Fsp3) is 0.381. The van der Waals surface area contributed by atoms with Crippen molar-refractivity contribution in [1.82, 2.24) is 4.90 Å². The van der Waals surface area contributed by atoms with Crippen LogP contribution in [0.1, 0.15) is 22.8 Å². The number of piperazine rings is 1. The molecule has 144 valence electrons. The van der Waals surface area contributed by atoms with Gasteiger partial charge in [-0.3, -0.25) is 9.69 Å². The third-order valence-electron chi connectivity index (χ3n) is 4.96. The highest BCUT2D eigenvalue weighted by atomic mass is 79.9. The maximum atomic E-state index is 11.4. The first-order valence-corrected chi connectivity index (χ1v) is 9.80. The second-order valence-electron chi connectivity index (χ2n) is 6.66. The van der Waals surface area contributed by atoms with Gasteiger partial charge in [0.15, 0.2) is 5.78 Å². The number of rotatable bonds is 6. The van der Waals surface area contributed by atoms with Gasteiger partial charge >= 0.3 is 0 Å². The third-order valence-corrected chi connectivity index (χ3v) is 5.58. The standard InChI is InChI=1S/C21H25BrN2O3/c1-15(25)16-4-6-18(7-5-16)24-10-8-23(9-11-24)14-17-12-19(22)21(27-3)13-20(17)26-2/h4-7,12-13H,8-11,14H2,1-3H3. The molecule has 5 nitrogen and oxygen atoms in total. The molecule has 0 aliphatic carbocycles. The fourth-order valence-corrected chi connectivity index (χ4v) is 3.91. The van der Waals surface area contributed by atoms with Gasteiger partial charge in [0.2, 0.25) is 0 Å². The normalized spacial score (nSPS) is 14.9. The summed E-state index contributed by atoms with van der Waals surface area (Å²) in [7, 11) is 3.34. The number of carbonyl (C=O) groups excluding carboxylic acids is 1. The summed E-state index contributed by atoms with van der Waals surface area (Å²) < 4.78 is 11.8. The lowest BCUT2D eigenvalue weighted by molar-refractivity contribution is 0.101. The summed E-state index contributed by atoms with van der Waals surface area (Å²) in [5.74, 6) is 1.72. The first kappa shape index (κ1) is 19.7. The van der Waals surface area contributed by atoms with Gasteiger partial charge in [-0.05, 0) is 53.2 Å². The molecule has 27 heavy (non-hydrogen) atoms. The van der Waals surface area contributed by atoms with Crippen LogP contribution in [0.15, 0.2) is 40.9 Å². The number of benzene rings is 2. The summed E-state index contributed by atoms with van der Waals surface area (Å²) in [4.78, 5) is 16.2. The summed E-state index contributed by atoms with van der Waals surface area (Å²) in [5, 5.41) is 0. The number of hydrogen-bond donors (Lipinski definition) is 0. The lowest BCUT2D eigenvalue weighted by Gasteiger charge is -2.36. The number of ether oxygens (including phenoxy) is 2. The molecule has 1 saturated heterocycles. The zero-order valence-electron chi connectivity index (χ0n) is 16.0. The Morgan fingerprint density at radius 1 is 1.00 bits per heavy atom. The van der Waals surface area contributed by atoms with Crippen molar-refractivity contribution in [2.24, 2.45) is 0 Å². The molecule has 0 aromatic heterocycles. The molecule has 0 amide bonds. The van der Waals surface area contributed by atoms with Crippen molar-refractivity contribution in [3.05, 3.63) is 52.0 Å². The number of nitrogens with zero attached hydrogens (tertiary/aromatic N) is 2. The maximum absolute atomic E-state index is 11.4. The van der Waals surface area contributed by atoms with Crippen LogP contribution >= 0.6 is 15.9 Å². The molecule has 6 heteroatoms. The van der Waals surface area contributed by atoms with Gasteiger partial charge in [-0.25, -0.2) is 0 Å². The first-order valence-electron chi connectivity index (χ1n) is 9.00. The number of anilines is 1. The van der Waals surface area contributed by atoms with Gasteiger partial charge in [0.1, 0.15) is 11.5 Å². The number of ketones is 1. The maximum Gasteiger partial charge on any atom is 0.159 e. The molecule has 0 bridgehead atoms. The quantitative estimate of drug-likeness (QED) is 0.645. The Labute approximate surface area is 169 Å². The van der Waals surface area contributed by atoms with Crippen LogP contribution in [0.5, 0.6) is 11.5 Å². The molecular formula is C21H25BrN2O3. The Morgan fingerprint density at radius 3 is 2.19 bits per heavy atom. The van der Waals surface area contributed by atoms with Crippen molar-refractivity contribution in [2.45, 2.75) is 13.5 Å². The summed E-state index contributed by atoms with van der Waals surface area (Å²) in [6, 6.07) is 11.9. The highest BCUT2D eigenvalue weighted by molar-refractivity contribution is 9.10. The zero-order chi connectivity index (χ0) is 19.4. The van der Waals surface area contributed by atoms with Crippen LogP contribution in [0.2, 0.25) is 0 Å². The van der Waals surface area contributed by atoms with Gasteiger partial charge in [-0.1, -0.05) is 0 Å². The molecule has 0 spiro atoms. The average Bonchev–Trinajstić information content (AvgIpc) is 2.69. The molecule has 2 aromatic carbocycles. The van der Waals surface area contributed by atoms with E-state index in [1.807, 2.05) is 30.3 Å². The number of hydrogen-bond acceptors (Lipinski definition) is 5. The van der Waals surface area contributed by atoms with E-state index in [-0.39, 0.29) is 5.78 Å². The minimum absolute atomic E-state index is 0.103. The van der Waals surface area contributed by atoms with Crippen LogP contribution in [-0.2, 0) is 6.54 Å². The van der Waals surface area contributed by atoms with Crippen LogP contribution in [0.3, 0.4) is 0 Å². The van der Waals surface area contributed by atoms with E-state index in [0.717, 1.165) is 59.8 Å². The minimum atomic E-state index is 0.103. The van der Waals surface area contributed by atoms with Crippen molar-refractivity contribution in [2.75, 3.05) is 45.3 Å². The summed E-state index contributed by atoms with van der Waals surface area (Å²) >= 11 is 3.56. The fourth-order valence-electron chi connectivity index (χ4n) is 3.36. The molecule has 1 fully saturated rings. The van der Waals surface area contributed by atoms with Crippen LogP contribution in [0.4, 0.5) is 5.69 Å². The van der Waals surface area contributed by atoms with E-state index in [1.165, 1.54) is 5.69 Å². The predicted molar refractivity (Wildman–Crippen MR) is 111 cm³/mol. The molecule has 0 atom stereocenters. The Balaban J connectivity index is 1.63. The number of Topliss-reactive ketones (excluding diaryl/α,β-unsaturated/α-hetero) is 1. The predicted octanol–water partition coefficient (Wildman–Crippen LogP) is 3.99. The molecule has 0 radical (unpaired) electrons. The van der Waals surface area contributed by atoms with Crippen LogP contribution < -0.4 is 14.4 Å². The summed E-state index contributed by atoms with van der Waals surface area (Å²) in [5.41, 5.74) is 3.07. The Kier molecular flexibility index (Phi) is 6.39. The Bertz CT molecular complexity index is 800. The van der Waals surface area contributed by atoms with Crippen molar-refractivity contribution < 1.29 is 14.3 Å². The molecule has 3 rings (SSSR count). The molecule has 0 saturated carbocycles.